The van der Waals surface area contributed by atoms with Crippen LogP contribution in [0.4, 0.5) is 24.8 Å². The molecule has 11 heteroatoms. The lowest BCUT2D eigenvalue weighted by Gasteiger charge is -2.29. The van der Waals surface area contributed by atoms with Gasteiger partial charge in [0, 0.05) is 18.1 Å². The van der Waals surface area contributed by atoms with Gasteiger partial charge in [0.2, 0.25) is 11.9 Å². The van der Waals surface area contributed by atoms with Crippen LogP contribution in [-0.4, -0.2) is 28.5 Å². The molecule has 0 unspecified atom stereocenters. The summed E-state index contributed by atoms with van der Waals surface area (Å²) in [6, 6.07) is 4.68. The van der Waals surface area contributed by atoms with Crippen LogP contribution in [0, 0.1) is 11.3 Å². The number of carbonyl (C=O) groups is 1. The molecule has 0 aliphatic carbocycles. The summed E-state index contributed by atoms with van der Waals surface area (Å²) in [6.07, 6.45) is -0.814. The second-order valence-corrected chi connectivity index (χ2v) is 7.19. The number of rotatable bonds is 4. The molecule has 0 spiro atoms. The van der Waals surface area contributed by atoms with E-state index >= 15 is 0 Å². The van der Waals surface area contributed by atoms with E-state index in [1.807, 2.05) is 4.90 Å². The summed E-state index contributed by atoms with van der Waals surface area (Å²) in [7, 11) is 0. The van der Waals surface area contributed by atoms with Crippen molar-refractivity contribution in [2.45, 2.75) is 32.0 Å². The Labute approximate surface area is 174 Å². The number of nitrogens with zero attached hydrogens (tertiary/aromatic N) is 4. The number of anilines is 2. The highest BCUT2D eigenvalue weighted by atomic mass is 35.5. The number of alkyl halides is 3. The summed E-state index contributed by atoms with van der Waals surface area (Å²) >= 11 is 5.65. The van der Waals surface area contributed by atoms with Crippen molar-refractivity contribution >= 4 is 29.1 Å². The quantitative estimate of drug-likeness (QED) is 0.788. The van der Waals surface area contributed by atoms with Crippen LogP contribution in [0.1, 0.15) is 30.4 Å². The third-order valence-electron chi connectivity index (χ3n) is 4.65. The molecule has 3 rings (SSSR count). The van der Waals surface area contributed by atoms with Gasteiger partial charge in [-0.1, -0.05) is 11.6 Å². The Kier molecular flexibility index (Phi) is 6.31. The predicted octanol–water partition coefficient (Wildman–Crippen LogP) is 3.42. The van der Waals surface area contributed by atoms with Gasteiger partial charge < -0.3 is 10.2 Å². The first-order chi connectivity index (χ1) is 14.2. The molecular weight excluding hydrogens is 423 g/mol. The number of piperidine rings is 1. The highest BCUT2D eigenvalue weighted by Gasteiger charge is 2.34. The normalized spacial score (nSPS) is 14.3. The summed E-state index contributed by atoms with van der Waals surface area (Å²) in [5.41, 5.74) is -2.56. The molecule has 1 aromatic carbocycles. The van der Waals surface area contributed by atoms with Gasteiger partial charge in [-0.05, 0) is 37.5 Å². The standard InChI is InChI=1S/C19H17ClF3N5O2/c20-13-4-5-15(14(8-13)19(21,22)23)26-16(29)11-28-17(30)12(9-24)10-25-18(28)27-6-2-1-3-7-27/h4-5,8,10H,1-3,6-7,11H2,(H,26,29). The zero-order valence-electron chi connectivity index (χ0n) is 15.7. The second kappa shape index (κ2) is 8.75. The van der Waals surface area contributed by atoms with E-state index in [2.05, 4.69) is 10.3 Å². The molecule has 1 N–H and O–H groups in total. The number of nitrogens with one attached hydrogen (secondary N) is 1. The number of hydrogen-bond donors (Lipinski definition) is 1. The summed E-state index contributed by atoms with van der Waals surface area (Å²) < 4.78 is 40.8. The van der Waals surface area contributed by atoms with Crippen molar-refractivity contribution in [1.82, 2.24) is 9.55 Å². The van der Waals surface area contributed by atoms with Crippen molar-refractivity contribution in [3.63, 3.8) is 0 Å². The summed E-state index contributed by atoms with van der Waals surface area (Å²) in [6.45, 7) is 0.651. The Bertz CT molecular complexity index is 1060. The first-order valence-corrected chi connectivity index (χ1v) is 9.50. The van der Waals surface area contributed by atoms with Gasteiger partial charge in [-0.2, -0.15) is 18.4 Å². The molecule has 7 nitrogen and oxygen atoms in total. The molecule has 0 radical (unpaired) electrons. The van der Waals surface area contributed by atoms with Gasteiger partial charge in [0.15, 0.2) is 0 Å². The zero-order valence-corrected chi connectivity index (χ0v) is 16.4. The highest BCUT2D eigenvalue weighted by Crippen LogP contribution is 2.36. The molecule has 1 aromatic heterocycles. The van der Waals surface area contributed by atoms with Gasteiger partial charge in [-0.3, -0.25) is 14.2 Å². The van der Waals surface area contributed by atoms with Crippen molar-refractivity contribution in [3.05, 3.63) is 50.9 Å². The van der Waals surface area contributed by atoms with Crippen LogP contribution in [0.5, 0.6) is 0 Å². The monoisotopic (exact) mass is 439 g/mol. The molecule has 0 atom stereocenters. The number of halogens is 4. The molecule has 0 saturated carbocycles. The fourth-order valence-electron chi connectivity index (χ4n) is 3.24. The molecule has 1 aliphatic heterocycles. The highest BCUT2D eigenvalue weighted by molar-refractivity contribution is 6.30. The molecule has 1 amide bonds. The Balaban J connectivity index is 1.92. The molecule has 30 heavy (non-hydrogen) atoms. The lowest BCUT2D eigenvalue weighted by molar-refractivity contribution is -0.137. The zero-order chi connectivity index (χ0) is 21.9. The van der Waals surface area contributed by atoms with E-state index in [1.165, 1.54) is 6.07 Å². The van der Waals surface area contributed by atoms with Gasteiger partial charge in [0.25, 0.3) is 5.56 Å². The molecule has 1 aliphatic rings. The van der Waals surface area contributed by atoms with Crippen molar-refractivity contribution in [2.75, 3.05) is 23.3 Å². The van der Waals surface area contributed by atoms with Gasteiger partial charge in [0.05, 0.1) is 17.4 Å². The van der Waals surface area contributed by atoms with E-state index in [1.54, 1.807) is 6.07 Å². The minimum atomic E-state index is -4.73. The third-order valence-corrected chi connectivity index (χ3v) is 4.88. The molecular formula is C19H17ClF3N5O2. The second-order valence-electron chi connectivity index (χ2n) is 6.76. The Hall–Kier alpha value is -3.06. The van der Waals surface area contributed by atoms with Crippen LogP contribution in [0.15, 0.2) is 29.2 Å². The van der Waals surface area contributed by atoms with Gasteiger partial charge in [-0.15, -0.1) is 0 Å². The minimum Gasteiger partial charge on any atom is -0.342 e. The third kappa shape index (κ3) is 4.74. The largest absolute Gasteiger partial charge is 0.418 e. The number of benzene rings is 1. The molecule has 2 heterocycles. The van der Waals surface area contributed by atoms with E-state index in [-0.39, 0.29) is 16.5 Å². The number of amides is 1. The minimum absolute atomic E-state index is 0.130. The van der Waals surface area contributed by atoms with Crippen molar-refractivity contribution in [2.24, 2.45) is 0 Å². The smallest absolute Gasteiger partial charge is 0.342 e. The fraction of sp³-hybridized carbons (Fsp3) is 0.368. The molecule has 1 saturated heterocycles. The number of hydrogen-bond acceptors (Lipinski definition) is 5. The number of nitriles is 1. The first kappa shape index (κ1) is 21.6. The lowest BCUT2D eigenvalue weighted by Crippen LogP contribution is -2.39. The Morgan fingerprint density at radius 3 is 2.60 bits per heavy atom. The van der Waals surface area contributed by atoms with Crippen molar-refractivity contribution < 1.29 is 18.0 Å². The molecule has 2 aromatic rings. The topological polar surface area (TPSA) is 91.0 Å². The van der Waals surface area contributed by atoms with Gasteiger partial charge >= 0.3 is 6.18 Å². The van der Waals surface area contributed by atoms with Crippen LogP contribution in [0.25, 0.3) is 0 Å². The summed E-state index contributed by atoms with van der Waals surface area (Å²) in [5.74, 6) is -0.652. The predicted molar refractivity (Wildman–Crippen MR) is 104 cm³/mol. The first-order valence-electron chi connectivity index (χ1n) is 9.12. The maximum atomic E-state index is 13.3. The van der Waals surface area contributed by atoms with E-state index in [4.69, 9.17) is 16.9 Å². The molecule has 1 fully saturated rings. The SMILES string of the molecule is N#Cc1cnc(N2CCCCC2)n(CC(=O)Nc2ccc(Cl)cc2C(F)(F)F)c1=O. The van der Waals surface area contributed by atoms with E-state index in [0.29, 0.717) is 19.2 Å². The Morgan fingerprint density at radius 1 is 1.27 bits per heavy atom. The summed E-state index contributed by atoms with van der Waals surface area (Å²) in [4.78, 5) is 31.1. The summed E-state index contributed by atoms with van der Waals surface area (Å²) in [5, 5.41) is 11.2. The maximum absolute atomic E-state index is 13.3. The number of aromatic nitrogens is 2. The molecule has 0 bridgehead atoms. The van der Waals surface area contributed by atoms with Gasteiger partial charge in [-0.25, -0.2) is 4.98 Å². The van der Waals surface area contributed by atoms with Gasteiger partial charge in [0.1, 0.15) is 18.2 Å². The average molecular weight is 440 g/mol. The molecule has 158 valence electrons. The van der Waals surface area contributed by atoms with Crippen LogP contribution >= 0.6 is 11.6 Å². The van der Waals surface area contributed by atoms with Crippen LogP contribution in [0.2, 0.25) is 5.02 Å². The van der Waals surface area contributed by atoms with Crippen molar-refractivity contribution in [3.8, 4) is 6.07 Å². The van der Waals surface area contributed by atoms with E-state index < -0.39 is 35.4 Å². The van der Waals surface area contributed by atoms with Crippen molar-refractivity contribution in [1.29, 1.82) is 5.26 Å². The van der Waals surface area contributed by atoms with Crippen LogP contribution in [0.3, 0.4) is 0 Å². The number of carbonyl (C=O) groups excluding carboxylic acids is 1. The van der Waals surface area contributed by atoms with E-state index in [9.17, 15) is 22.8 Å². The maximum Gasteiger partial charge on any atom is 0.418 e. The van der Waals surface area contributed by atoms with Crippen LogP contribution < -0.4 is 15.8 Å². The average Bonchev–Trinajstić information content (AvgIpc) is 2.70. The lowest BCUT2D eigenvalue weighted by atomic mass is 10.1. The Morgan fingerprint density at radius 2 is 1.97 bits per heavy atom. The fourth-order valence-corrected chi connectivity index (χ4v) is 3.41. The van der Waals surface area contributed by atoms with E-state index in [0.717, 1.165) is 36.1 Å². The van der Waals surface area contributed by atoms with Crippen LogP contribution in [-0.2, 0) is 17.5 Å².